The average molecular weight is 250 g/mol. The van der Waals surface area contributed by atoms with Gasteiger partial charge in [-0.05, 0) is 26.0 Å². The highest BCUT2D eigenvalue weighted by Gasteiger charge is 2.21. The molecule has 0 aliphatic carbocycles. The molecule has 0 bridgehead atoms. The van der Waals surface area contributed by atoms with Crippen LogP contribution in [0, 0.1) is 17.1 Å². The fourth-order valence-electron chi connectivity index (χ4n) is 1.79. The Kier molecular flexibility index (Phi) is 4.67. The first kappa shape index (κ1) is 14.0. The molecule has 0 aliphatic heterocycles. The van der Waals surface area contributed by atoms with E-state index in [9.17, 15) is 9.18 Å². The van der Waals surface area contributed by atoms with Gasteiger partial charge in [0.05, 0.1) is 18.2 Å². The summed E-state index contributed by atoms with van der Waals surface area (Å²) in [5.74, 6) is -2.06. The Balaban J connectivity index is 3.24. The van der Waals surface area contributed by atoms with Crippen molar-refractivity contribution in [1.29, 1.82) is 5.26 Å². The molecule has 0 amide bonds. The normalized spacial score (nSPS) is 10.2. The summed E-state index contributed by atoms with van der Waals surface area (Å²) in [6, 6.07) is 6.14. The molecule has 0 aliphatic rings. The standard InChI is InChI=1S/C13H15FN2O2/c1-9(2)16(8-4-7-15)11-6-3-5-10(14)12(11)13(17)18/h3,5-6,9H,4,8H2,1-2H3,(H,17,18). The van der Waals surface area contributed by atoms with Gasteiger partial charge < -0.3 is 10.0 Å². The summed E-state index contributed by atoms with van der Waals surface area (Å²) in [7, 11) is 0. The van der Waals surface area contributed by atoms with Crippen LogP contribution in [0.25, 0.3) is 0 Å². The van der Waals surface area contributed by atoms with Crippen LogP contribution in [0.4, 0.5) is 10.1 Å². The van der Waals surface area contributed by atoms with E-state index < -0.39 is 11.8 Å². The highest BCUT2D eigenvalue weighted by Crippen LogP contribution is 2.25. The molecule has 1 aromatic carbocycles. The molecular weight excluding hydrogens is 235 g/mol. The highest BCUT2D eigenvalue weighted by atomic mass is 19.1. The van der Waals surface area contributed by atoms with Crippen molar-refractivity contribution in [1.82, 2.24) is 0 Å². The molecule has 0 unspecified atom stereocenters. The van der Waals surface area contributed by atoms with Gasteiger partial charge in [0.25, 0.3) is 0 Å². The van der Waals surface area contributed by atoms with E-state index in [-0.39, 0.29) is 18.0 Å². The van der Waals surface area contributed by atoms with E-state index in [1.807, 2.05) is 19.9 Å². The Labute approximate surface area is 105 Å². The Hall–Kier alpha value is -2.09. The van der Waals surface area contributed by atoms with Crippen LogP contribution in [-0.4, -0.2) is 23.7 Å². The first-order chi connectivity index (χ1) is 8.49. The molecule has 0 heterocycles. The summed E-state index contributed by atoms with van der Waals surface area (Å²) >= 11 is 0. The minimum atomic E-state index is -1.30. The molecule has 4 nitrogen and oxygen atoms in total. The zero-order chi connectivity index (χ0) is 13.7. The van der Waals surface area contributed by atoms with Gasteiger partial charge in [-0.2, -0.15) is 5.26 Å². The van der Waals surface area contributed by atoms with Crippen LogP contribution in [-0.2, 0) is 0 Å². The van der Waals surface area contributed by atoms with Crippen LogP contribution < -0.4 is 4.90 Å². The molecule has 0 aromatic heterocycles. The Morgan fingerprint density at radius 2 is 2.22 bits per heavy atom. The molecule has 0 fully saturated rings. The molecule has 1 N–H and O–H groups in total. The number of hydrogen-bond donors (Lipinski definition) is 1. The van der Waals surface area contributed by atoms with Gasteiger partial charge in [0.15, 0.2) is 0 Å². The number of halogens is 1. The van der Waals surface area contributed by atoms with Crippen molar-refractivity contribution in [3.63, 3.8) is 0 Å². The lowest BCUT2D eigenvalue weighted by Crippen LogP contribution is -2.33. The smallest absolute Gasteiger partial charge is 0.340 e. The van der Waals surface area contributed by atoms with Crippen LogP contribution >= 0.6 is 0 Å². The molecule has 0 saturated heterocycles. The second-order valence-corrected chi connectivity index (χ2v) is 4.13. The van der Waals surface area contributed by atoms with Crippen LogP contribution in [0.1, 0.15) is 30.6 Å². The second kappa shape index (κ2) is 6.01. The van der Waals surface area contributed by atoms with Gasteiger partial charge in [-0.3, -0.25) is 0 Å². The Morgan fingerprint density at radius 1 is 1.56 bits per heavy atom. The van der Waals surface area contributed by atoms with E-state index in [4.69, 9.17) is 10.4 Å². The number of anilines is 1. The predicted octanol–water partition coefficient (Wildman–Crippen LogP) is 2.65. The first-order valence-electron chi connectivity index (χ1n) is 5.64. The fraction of sp³-hybridized carbons (Fsp3) is 0.385. The van der Waals surface area contributed by atoms with E-state index in [1.165, 1.54) is 6.07 Å². The van der Waals surface area contributed by atoms with Crippen LogP contribution in [0.5, 0.6) is 0 Å². The zero-order valence-electron chi connectivity index (χ0n) is 10.4. The third-order valence-corrected chi connectivity index (χ3v) is 2.60. The van der Waals surface area contributed by atoms with Gasteiger partial charge in [0.1, 0.15) is 11.4 Å². The van der Waals surface area contributed by atoms with Crippen molar-refractivity contribution in [2.24, 2.45) is 0 Å². The minimum Gasteiger partial charge on any atom is -0.478 e. The topological polar surface area (TPSA) is 64.3 Å². The molecule has 18 heavy (non-hydrogen) atoms. The molecule has 96 valence electrons. The summed E-state index contributed by atoms with van der Waals surface area (Å²) in [4.78, 5) is 12.8. The number of rotatable bonds is 5. The van der Waals surface area contributed by atoms with Crippen LogP contribution in [0.2, 0.25) is 0 Å². The third-order valence-electron chi connectivity index (χ3n) is 2.60. The Bertz CT molecular complexity index is 480. The van der Waals surface area contributed by atoms with Crippen molar-refractivity contribution in [2.75, 3.05) is 11.4 Å². The lowest BCUT2D eigenvalue weighted by Gasteiger charge is -2.29. The van der Waals surface area contributed by atoms with Crippen molar-refractivity contribution in [2.45, 2.75) is 26.3 Å². The SMILES string of the molecule is CC(C)N(CCC#N)c1cccc(F)c1C(=O)O. The molecular formula is C13H15FN2O2. The van der Waals surface area contributed by atoms with Gasteiger partial charge in [0.2, 0.25) is 0 Å². The van der Waals surface area contributed by atoms with E-state index in [0.717, 1.165) is 6.07 Å². The number of aromatic carboxylic acids is 1. The van der Waals surface area contributed by atoms with E-state index in [1.54, 1.807) is 11.0 Å². The quantitative estimate of drug-likeness (QED) is 0.872. The number of carbonyl (C=O) groups is 1. The molecule has 1 rings (SSSR count). The molecule has 1 aromatic rings. The van der Waals surface area contributed by atoms with E-state index >= 15 is 0 Å². The molecule has 0 spiro atoms. The van der Waals surface area contributed by atoms with Gasteiger partial charge in [-0.1, -0.05) is 6.07 Å². The van der Waals surface area contributed by atoms with Crippen molar-refractivity contribution < 1.29 is 14.3 Å². The molecule has 5 heteroatoms. The van der Waals surface area contributed by atoms with Crippen molar-refractivity contribution in [3.05, 3.63) is 29.6 Å². The predicted molar refractivity (Wildman–Crippen MR) is 66.1 cm³/mol. The summed E-state index contributed by atoms with van der Waals surface area (Å²) in [5, 5.41) is 17.7. The van der Waals surface area contributed by atoms with Gasteiger partial charge in [-0.25, -0.2) is 9.18 Å². The Morgan fingerprint density at radius 3 is 2.72 bits per heavy atom. The number of carboxylic acid groups (broad SMARTS) is 1. The monoisotopic (exact) mass is 250 g/mol. The van der Waals surface area contributed by atoms with Crippen molar-refractivity contribution >= 4 is 11.7 Å². The van der Waals surface area contributed by atoms with Crippen molar-refractivity contribution in [3.8, 4) is 6.07 Å². The largest absolute Gasteiger partial charge is 0.478 e. The second-order valence-electron chi connectivity index (χ2n) is 4.13. The molecule has 0 atom stereocenters. The molecule has 0 radical (unpaired) electrons. The van der Waals surface area contributed by atoms with E-state index in [0.29, 0.717) is 12.2 Å². The highest BCUT2D eigenvalue weighted by molar-refractivity contribution is 5.94. The molecule has 0 saturated carbocycles. The number of benzene rings is 1. The third kappa shape index (κ3) is 2.98. The average Bonchev–Trinajstić information content (AvgIpc) is 2.28. The zero-order valence-corrected chi connectivity index (χ0v) is 10.4. The number of carboxylic acids is 1. The first-order valence-corrected chi connectivity index (χ1v) is 5.64. The van der Waals surface area contributed by atoms with Gasteiger partial charge >= 0.3 is 5.97 Å². The number of nitriles is 1. The van der Waals surface area contributed by atoms with Gasteiger partial charge in [-0.15, -0.1) is 0 Å². The summed E-state index contributed by atoms with van der Waals surface area (Å²) < 4.78 is 13.6. The van der Waals surface area contributed by atoms with E-state index in [2.05, 4.69) is 0 Å². The number of hydrogen-bond acceptors (Lipinski definition) is 3. The maximum absolute atomic E-state index is 13.6. The summed E-state index contributed by atoms with van der Waals surface area (Å²) in [6.45, 7) is 4.11. The number of nitrogens with zero attached hydrogens (tertiary/aromatic N) is 2. The lowest BCUT2D eigenvalue weighted by atomic mass is 10.1. The van der Waals surface area contributed by atoms with Gasteiger partial charge in [0, 0.05) is 12.6 Å². The lowest BCUT2D eigenvalue weighted by molar-refractivity contribution is 0.0692. The van der Waals surface area contributed by atoms with Crippen LogP contribution in [0.3, 0.4) is 0 Å². The summed E-state index contributed by atoms with van der Waals surface area (Å²) in [5.41, 5.74) is -0.0307. The maximum Gasteiger partial charge on any atom is 0.340 e. The fourth-order valence-corrected chi connectivity index (χ4v) is 1.79. The summed E-state index contributed by atoms with van der Waals surface area (Å²) in [6.07, 6.45) is 0.258. The minimum absolute atomic E-state index is 0.0155. The maximum atomic E-state index is 13.6. The van der Waals surface area contributed by atoms with Crippen LogP contribution in [0.15, 0.2) is 18.2 Å².